The number of ketones is 1. The Kier molecular flexibility index (Phi) is 4.19. The van der Waals surface area contributed by atoms with Crippen LogP contribution in [0.2, 0.25) is 0 Å². The second-order valence-electron chi connectivity index (χ2n) is 4.82. The second-order valence-corrected chi connectivity index (χ2v) is 6.77. The van der Waals surface area contributed by atoms with Gasteiger partial charge in [-0.3, -0.25) is 9.89 Å². The number of aromatic nitrogens is 3. The fourth-order valence-corrected chi connectivity index (χ4v) is 3.13. The number of hydrogen-bond donors (Lipinski definition) is 2. The lowest BCUT2D eigenvalue weighted by molar-refractivity contribution is 0.102. The number of allylic oxidation sites excluding steroid dienone is 1. The van der Waals surface area contributed by atoms with E-state index >= 15 is 0 Å². The summed E-state index contributed by atoms with van der Waals surface area (Å²) in [7, 11) is -3.97. The van der Waals surface area contributed by atoms with Crippen LogP contribution in [0.1, 0.15) is 16.4 Å². The summed E-state index contributed by atoms with van der Waals surface area (Å²) >= 11 is 0. The largest absolute Gasteiger partial charge is 0.504 e. The molecule has 0 atom stereocenters. The lowest BCUT2D eigenvalue weighted by Crippen LogP contribution is -2.01. The maximum absolute atomic E-state index is 12.9. The van der Waals surface area contributed by atoms with Gasteiger partial charge in [0.1, 0.15) is 23.3 Å². The van der Waals surface area contributed by atoms with E-state index in [0.29, 0.717) is 0 Å². The van der Waals surface area contributed by atoms with Crippen molar-refractivity contribution in [3.63, 3.8) is 0 Å². The third kappa shape index (κ3) is 3.33. The molecule has 8 nitrogen and oxygen atoms in total. The first kappa shape index (κ1) is 16.6. The number of sulfone groups is 1. The predicted octanol–water partition coefficient (Wildman–Crippen LogP) is 2.15. The number of carbonyl (C=O) groups excluding carboxylic acids is 1. The zero-order chi connectivity index (χ0) is 18.0. The summed E-state index contributed by atoms with van der Waals surface area (Å²) in [5.41, 5.74) is 0. The van der Waals surface area contributed by atoms with Gasteiger partial charge in [-0.15, -0.1) is 0 Å². The molecule has 0 bridgehead atoms. The summed E-state index contributed by atoms with van der Waals surface area (Å²) in [5, 5.41) is 15.7. The number of halogens is 1. The molecule has 1 aromatic carbocycles. The molecule has 2 aromatic heterocycles. The zero-order valence-corrected chi connectivity index (χ0v) is 13.2. The number of carbonyl (C=O) groups is 1. The quantitative estimate of drug-likeness (QED) is 0.308. The minimum absolute atomic E-state index is 0.0981. The van der Waals surface area contributed by atoms with Crippen LogP contribution in [0.3, 0.4) is 0 Å². The van der Waals surface area contributed by atoms with Crippen LogP contribution in [0.5, 0.6) is 0 Å². The molecule has 3 rings (SSSR count). The highest BCUT2D eigenvalue weighted by molar-refractivity contribution is 7.91. The summed E-state index contributed by atoms with van der Waals surface area (Å²) in [6.45, 7) is 0. The van der Waals surface area contributed by atoms with Crippen molar-refractivity contribution in [3.8, 4) is 0 Å². The highest BCUT2D eigenvalue weighted by Crippen LogP contribution is 2.23. The van der Waals surface area contributed by atoms with Crippen LogP contribution in [0, 0.1) is 5.82 Å². The zero-order valence-electron chi connectivity index (χ0n) is 12.4. The van der Waals surface area contributed by atoms with Crippen molar-refractivity contribution < 1.29 is 27.1 Å². The molecular weight excluding hydrogens is 353 g/mol. The minimum Gasteiger partial charge on any atom is -0.504 e. The van der Waals surface area contributed by atoms with E-state index in [9.17, 15) is 22.7 Å². The lowest BCUT2D eigenvalue weighted by atomic mass is 10.2. The van der Waals surface area contributed by atoms with E-state index in [1.165, 1.54) is 6.33 Å². The normalized spacial score (nSPS) is 12.3. The van der Waals surface area contributed by atoms with E-state index in [0.717, 1.165) is 42.7 Å². The summed E-state index contributed by atoms with van der Waals surface area (Å²) in [6.07, 6.45) is 2.91. The Morgan fingerprint density at radius 2 is 1.96 bits per heavy atom. The molecule has 3 aromatic rings. The van der Waals surface area contributed by atoms with Crippen LogP contribution in [0.15, 0.2) is 63.2 Å². The van der Waals surface area contributed by atoms with E-state index in [1.54, 1.807) is 0 Å². The molecule has 25 heavy (non-hydrogen) atoms. The van der Waals surface area contributed by atoms with Crippen molar-refractivity contribution in [1.29, 1.82) is 0 Å². The van der Waals surface area contributed by atoms with Crippen LogP contribution in [0.25, 0.3) is 5.76 Å². The topological polar surface area (TPSA) is 126 Å². The van der Waals surface area contributed by atoms with Gasteiger partial charge in [0.2, 0.25) is 21.4 Å². The van der Waals surface area contributed by atoms with Crippen molar-refractivity contribution in [2.24, 2.45) is 0 Å². The summed E-state index contributed by atoms with van der Waals surface area (Å²) < 4.78 is 42.7. The number of benzene rings is 1. The van der Waals surface area contributed by atoms with Gasteiger partial charge in [-0.05, 0) is 24.3 Å². The first-order valence-electron chi connectivity index (χ1n) is 6.78. The van der Waals surface area contributed by atoms with Crippen molar-refractivity contribution >= 4 is 21.4 Å². The van der Waals surface area contributed by atoms with Crippen molar-refractivity contribution in [2.45, 2.75) is 9.79 Å². The molecular formula is C15H10FN3O5S. The molecule has 2 N–H and O–H groups in total. The molecule has 0 aliphatic rings. The highest BCUT2D eigenvalue weighted by Gasteiger charge is 2.22. The van der Waals surface area contributed by atoms with Crippen LogP contribution in [-0.2, 0) is 9.84 Å². The number of furan rings is 1. The summed E-state index contributed by atoms with van der Waals surface area (Å²) in [5.74, 6) is -2.26. The maximum Gasteiger partial charge on any atom is 0.224 e. The Morgan fingerprint density at radius 3 is 2.60 bits per heavy atom. The number of hydrogen-bond acceptors (Lipinski definition) is 7. The Labute approximate surface area is 140 Å². The third-order valence-corrected chi connectivity index (χ3v) is 4.89. The Morgan fingerprint density at radius 1 is 1.24 bits per heavy atom. The second kappa shape index (κ2) is 6.32. The van der Waals surface area contributed by atoms with Gasteiger partial charge in [0.05, 0.1) is 4.90 Å². The van der Waals surface area contributed by atoms with Crippen molar-refractivity contribution in [3.05, 3.63) is 66.4 Å². The molecule has 0 unspecified atom stereocenters. The molecule has 0 aliphatic carbocycles. The van der Waals surface area contributed by atoms with Crippen LogP contribution in [-0.4, -0.2) is 34.5 Å². The van der Waals surface area contributed by atoms with Crippen molar-refractivity contribution in [2.75, 3.05) is 0 Å². The maximum atomic E-state index is 12.9. The van der Waals surface area contributed by atoms with Crippen LogP contribution < -0.4 is 0 Å². The van der Waals surface area contributed by atoms with Gasteiger partial charge < -0.3 is 9.52 Å². The fraction of sp³-hybridized carbons (Fsp3) is 0. The van der Waals surface area contributed by atoms with Gasteiger partial charge in [0.15, 0.2) is 11.5 Å². The molecule has 0 radical (unpaired) electrons. The van der Waals surface area contributed by atoms with Gasteiger partial charge in [-0.2, -0.15) is 5.10 Å². The average molecular weight is 363 g/mol. The standard InChI is InChI=1S/C15H10FN3O5S/c16-9-1-3-10(4-2-9)25(22,23)11-5-14(24-7-11)12(20)6-13(21)15-17-8-18-19-15/h1-8,21H,(H,17,18,19). The smallest absolute Gasteiger partial charge is 0.224 e. The Balaban J connectivity index is 1.88. The van der Waals surface area contributed by atoms with Gasteiger partial charge >= 0.3 is 0 Å². The molecule has 0 saturated carbocycles. The SMILES string of the molecule is O=C(C=C(O)c1nc[nH]n1)c1cc(S(=O)(=O)c2ccc(F)cc2)co1. The number of aliphatic hydroxyl groups is 1. The molecule has 10 heteroatoms. The molecule has 2 heterocycles. The van der Waals surface area contributed by atoms with E-state index in [-0.39, 0.29) is 21.4 Å². The van der Waals surface area contributed by atoms with E-state index in [2.05, 4.69) is 15.2 Å². The van der Waals surface area contributed by atoms with Gasteiger partial charge in [0.25, 0.3) is 0 Å². The first-order valence-corrected chi connectivity index (χ1v) is 8.26. The van der Waals surface area contributed by atoms with Gasteiger partial charge in [0, 0.05) is 12.1 Å². The lowest BCUT2D eigenvalue weighted by Gasteiger charge is -2.00. The van der Waals surface area contributed by atoms with E-state index in [4.69, 9.17) is 4.42 Å². The fourth-order valence-electron chi connectivity index (χ4n) is 1.93. The first-order chi connectivity index (χ1) is 11.9. The Hall–Kier alpha value is -3.27. The average Bonchev–Trinajstić information content (AvgIpc) is 3.27. The number of aliphatic hydroxyl groups excluding tert-OH is 1. The van der Waals surface area contributed by atoms with E-state index in [1.807, 2.05) is 0 Å². The minimum atomic E-state index is -3.97. The third-order valence-electron chi connectivity index (χ3n) is 3.16. The summed E-state index contributed by atoms with van der Waals surface area (Å²) in [4.78, 5) is 15.3. The van der Waals surface area contributed by atoms with Gasteiger partial charge in [-0.25, -0.2) is 17.8 Å². The molecule has 0 spiro atoms. The molecule has 128 valence electrons. The number of nitrogens with zero attached hydrogens (tertiary/aromatic N) is 2. The predicted molar refractivity (Wildman–Crippen MR) is 81.9 cm³/mol. The monoisotopic (exact) mass is 363 g/mol. The van der Waals surface area contributed by atoms with Gasteiger partial charge in [-0.1, -0.05) is 0 Å². The summed E-state index contributed by atoms with van der Waals surface area (Å²) in [6, 6.07) is 5.25. The number of nitrogens with one attached hydrogen (secondary N) is 1. The van der Waals surface area contributed by atoms with Crippen LogP contribution in [0.4, 0.5) is 4.39 Å². The molecule has 0 saturated heterocycles. The number of H-pyrrole nitrogens is 1. The number of aromatic amines is 1. The van der Waals surface area contributed by atoms with E-state index < -0.39 is 27.2 Å². The molecule has 0 amide bonds. The number of rotatable bonds is 5. The molecule has 0 aliphatic heterocycles. The van der Waals surface area contributed by atoms with Crippen molar-refractivity contribution in [1.82, 2.24) is 15.2 Å². The molecule has 0 fully saturated rings. The Bertz CT molecular complexity index is 1040. The van der Waals surface area contributed by atoms with Crippen LogP contribution >= 0.6 is 0 Å². The highest BCUT2D eigenvalue weighted by atomic mass is 32.2.